The maximum Gasteiger partial charge on any atom is 0.241 e. The third-order valence-electron chi connectivity index (χ3n) is 6.45. The summed E-state index contributed by atoms with van der Waals surface area (Å²) in [6.45, 7) is 6.29. The third-order valence-corrected chi connectivity index (χ3v) is 6.45. The molecule has 3 aliphatic rings. The van der Waals surface area contributed by atoms with Crippen LogP contribution in [0.5, 0.6) is 0 Å². The van der Waals surface area contributed by atoms with Gasteiger partial charge in [0.1, 0.15) is 6.04 Å². The molecular weight excluding hydrogens is 352 g/mol. The molecule has 3 unspecified atom stereocenters. The molecule has 6 nitrogen and oxygen atoms in total. The van der Waals surface area contributed by atoms with E-state index in [2.05, 4.69) is 46.1 Å². The number of morpholine rings is 1. The highest BCUT2D eigenvalue weighted by Crippen LogP contribution is 2.25. The predicted molar refractivity (Wildman–Crippen MR) is 110 cm³/mol. The van der Waals surface area contributed by atoms with Crippen LogP contribution in [-0.2, 0) is 16.0 Å². The lowest BCUT2D eigenvalue weighted by atomic mass is 9.88. The lowest BCUT2D eigenvalue weighted by molar-refractivity contribution is -0.137. The number of carbonyl (C=O) groups excluding carboxylic acids is 1. The molecule has 3 saturated heterocycles. The minimum atomic E-state index is -0.0865. The first-order valence-corrected chi connectivity index (χ1v) is 10.9. The van der Waals surface area contributed by atoms with Gasteiger partial charge in [-0.2, -0.15) is 0 Å². The number of benzene rings is 1. The topological polar surface area (TPSA) is 56.8 Å². The lowest BCUT2D eigenvalue weighted by Gasteiger charge is -2.35. The first-order valence-electron chi connectivity index (χ1n) is 10.9. The van der Waals surface area contributed by atoms with E-state index in [-0.39, 0.29) is 11.9 Å². The van der Waals surface area contributed by atoms with Gasteiger partial charge in [-0.15, -0.1) is 0 Å². The normalized spacial score (nSPS) is 29.1. The second kappa shape index (κ2) is 9.83. The number of piperidine rings is 1. The monoisotopic (exact) mass is 386 g/mol. The molecule has 0 aliphatic carbocycles. The predicted octanol–water partition coefficient (Wildman–Crippen LogP) is 1.43. The average Bonchev–Trinajstić information content (AvgIpc) is 3.25. The van der Waals surface area contributed by atoms with E-state index in [1.54, 1.807) is 0 Å². The Morgan fingerprint density at radius 1 is 1.11 bits per heavy atom. The fraction of sp³-hybridized carbons (Fsp3) is 0.682. The number of rotatable bonds is 6. The molecule has 4 rings (SSSR count). The van der Waals surface area contributed by atoms with Crippen LogP contribution in [0.25, 0.3) is 0 Å². The van der Waals surface area contributed by atoms with E-state index < -0.39 is 0 Å². The Morgan fingerprint density at radius 2 is 1.93 bits per heavy atom. The minimum absolute atomic E-state index is 0.0865. The Labute approximate surface area is 168 Å². The fourth-order valence-corrected chi connectivity index (χ4v) is 4.83. The van der Waals surface area contributed by atoms with Crippen molar-refractivity contribution < 1.29 is 9.53 Å². The van der Waals surface area contributed by atoms with Crippen molar-refractivity contribution >= 4 is 5.91 Å². The van der Waals surface area contributed by atoms with Crippen LogP contribution in [0.3, 0.4) is 0 Å². The van der Waals surface area contributed by atoms with Crippen LogP contribution in [0, 0.1) is 5.92 Å². The molecule has 1 aromatic rings. The van der Waals surface area contributed by atoms with Gasteiger partial charge in [0, 0.05) is 25.7 Å². The summed E-state index contributed by atoms with van der Waals surface area (Å²) in [6, 6.07) is 11.1. The molecule has 0 bridgehead atoms. The van der Waals surface area contributed by atoms with Gasteiger partial charge in [0.15, 0.2) is 0 Å². The van der Waals surface area contributed by atoms with Crippen molar-refractivity contribution in [1.29, 1.82) is 0 Å². The average molecular weight is 387 g/mol. The van der Waals surface area contributed by atoms with Crippen molar-refractivity contribution in [2.24, 2.45) is 5.92 Å². The molecule has 154 valence electrons. The van der Waals surface area contributed by atoms with E-state index in [4.69, 9.17) is 4.74 Å². The SMILES string of the molecule is O=C(C1CC(C2CCCN(CCCc3ccccc3)C2)NN1)N1CCOCC1. The quantitative estimate of drug-likeness (QED) is 0.775. The van der Waals surface area contributed by atoms with Crippen LogP contribution in [0.2, 0.25) is 0 Å². The van der Waals surface area contributed by atoms with Crippen molar-refractivity contribution in [3.8, 4) is 0 Å². The number of hydrogen-bond acceptors (Lipinski definition) is 5. The summed E-state index contributed by atoms with van der Waals surface area (Å²) in [4.78, 5) is 17.3. The minimum Gasteiger partial charge on any atom is -0.378 e. The van der Waals surface area contributed by atoms with Gasteiger partial charge >= 0.3 is 0 Å². The number of likely N-dealkylation sites (tertiary alicyclic amines) is 1. The van der Waals surface area contributed by atoms with Gasteiger partial charge in [0.25, 0.3) is 0 Å². The molecule has 0 aromatic heterocycles. The summed E-state index contributed by atoms with van der Waals surface area (Å²) in [7, 11) is 0. The summed E-state index contributed by atoms with van der Waals surface area (Å²) in [5.41, 5.74) is 8.16. The first-order chi connectivity index (χ1) is 13.8. The Kier molecular flexibility index (Phi) is 6.96. The first kappa shape index (κ1) is 19.8. The molecule has 28 heavy (non-hydrogen) atoms. The van der Waals surface area contributed by atoms with Crippen LogP contribution in [0.15, 0.2) is 30.3 Å². The molecule has 6 heteroatoms. The fourth-order valence-electron chi connectivity index (χ4n) is 4.83. The highest BCUT2D eigenvalue weighted by molar-refractivity contribution is 5.82. The second-order valence-electron chi connectivity index (χ2n) is 8.41. The van der Waals surface area contributed by atoms with E-state index in [1.165, 1.54) is 37.9 Å². The van der Waals surface area contributed by atoms with Crippen LogP contribution >= 0.6 is 0 Å². The number of aryl methyl sites for hydroxylation is 1. The van der Waals surface area contributed by atoms with E-state index in [1.807, 2.05) is 4.90 Å². The maximum absolute atomic E-state index is 12.7. The molecule has 0 radical (unpaired) electrons. The molecule has 1 amide bonds. The van der Waals surface area contributed by atoms with Crippen molar-refractivity contribution in [3.05, 3.63) is 35.9 Å². The molecule has 3 atom stereocenters. The largest absolute Gasteiger partial charge is 0.378 e. The molecular formula is C22H34N4O2. The van der Waals surface area contributed by atoms with E-state index in [0.29, 0.717) is 25.2 Å². The number of nitrogens with one attached hydrogen (secondary N) is 2. The van der Waals surface area contributed by atoms with Gasteiger partial charge < -0.3 is 14.5 Å². The van der Waals surface area contributed by atoms with Crippen molar-refractivity contribution in [3.63, 3.8) is 0 Å². The summed E-state index contributed by atoms with van der Waals surface area (Å²) >= 11 is 0. The summed E-state index contributed by atoms with van der Waals surface area (Å²) in [6.07, 6.45) is 5.79. The Hall–Kier alpha value is -1.47. The Bertz CT molecular complexity index is 620. The van der Waals surface area contributed by atoms with Gasteiger partial charge in [-0.3, -0.25) is 10.2 Å². The van der Waals surface area contributed by atoms with Gasteiger partial charge in [-0.25, -0.2) is 5.43 Å². The van der Waals surface area contributed by atoms with Crippen LogP contribution in [0.4, 0.5) is 0 Å². The zero-order valence-corrected chi connectivity index (χ0v) is 16.8. The number of nitrogens with zero attached hydrogens (tertiary/aromatic N) is 2. The van der Waals surface area contributed by atoms with Crippen LogP contribution in [0.1, 0.15) is 31.2 Å². The zero-order valence-electron chi connectivity index (χ0n) is 16.8. The van der Waals surface area contributed by atoms with Crippen molar-refractivity contribution in [2.75, 3.05) is 45.9 Å². The molecule has 3 fully saturated rings. The van der Waals surface area contributed by atoms with Crippen molar-refractivity contribution in [2.45, 2.75) is 44.2 Å². The summed E-state index contributed by atoms with van der Waals surface area (Å²) in [5.74, 6) is 0.856. The van der Waals surface area contributed by atoms with Gasteiger partial charge in [0.05, 0.1) is 13.2 Å². The van der Waals surface area contributed by atoms with E-state index in [9.17, 15) is 4.79 Å². The smallest absolute Gasteiger partial charge is 0.241 e. The standard InChI is InChI=1S/C22H34N4O2/c27-22(26-12-14-28-15-13-26)21-16-20(23-24-21)19-9-5-11-25(17-19)10-4-8-18-6-2-1-3-7-18/h1-3,6-7,19-21,23-24H,4-5,8-17H2. The zero-order chi connectivity index (χ0) is 19.2. The Morgan fingerprint density at radius 3 is 2.75 bits per heavy atom. The summed E-state index contributed by atoms with van der Waals surface area (Å²) < 4.78 is 5.37. The van der Waals surface area contributed by atoms with Crippen molar-refractivity contribution in [1.82, 2.24) is 20.7 Å². The maximum atomic E-state index is 12.7. The van der Waals surface area contributed by atoms with Gasteiger partial charge in [-0.05, 0) is 56.7 Å². The molecule has 0 saturated carbocycles. The molecule has 1 aromatic carbocycles. The second-order valence-corrected chi connectivity index (χ2v) is 8.41. The molecule has 3 heterocycles. The lowest BCUT2D eigenvalue weighted by Crippen LogP contribution is -2.49. The van der Waals surface area contributed by atoms with Crippen LogP contribution in [-0.4, -0.2) is 73.7 Å². The highest BCUT2D eigenvalue weighted by atomic mass is 16.5. The third kappa shape index (κ3) is 5.11. The number of hydrazine groups is 1. The molecule has 2 N–H and O–H groups in total. The number of amides is 1. The number of hydrogen-bond donors (Lipinski definition) is 2. The molecule has 3 aliphatic heterocycles. The number of ether oxygens (including phenoxy) is 1. The van der Waals surface area contributed by atoms with Crippen LogP contribution < -0.4 is 10.9 Å². The number of carbonyl (C=O) groups is 1. The Balaban J connectivity index is 1.21. The molecule has 0 spiro atoms. The van der Waals surface area contributed by atoms with E-state index >= 15 is 0 Å². The highest BCUT2D eigenvalue weighted by Gasteiger charge is 2.37. The van der Waals surface area contributed by atoms with Gasteiger partial charge in [0.2, 0.25) is 5.91 Å². The summed E-state index contributed by atoms with van der Waals surface area (Å²) in [5, 5.41) is 0. The van der Waals surface area contributed by atoms with Gasteiger partial charge in [-0.1, -0.05) is 30.3 Å². The van der Waals surface area contributed by atoms with E-state index in [0.717, 1.165) is 32.5 Å².